The fourth-order valence-corrected chi connectivity index (χ4v) is 4.20. The van der Waals surface area contributed by atoms with E-state index in [1.807, 2.05) is 24.3 Å². The number of hydrogen-bond donors (Lipinski definition) is 2. The third-order valence-electron chi connectivity index (χ3n) is 5.21. The Kier molecular flexibility index (Phi) is 4.16. The normalized spacial score (nSPS) is 15.3. The summed E-state index contributed by atoms with van der Waals surface area (Å²) < 4.78 is 0.985. The Hall–Kier alpha value is -2.07. The fourth-order valence-electron chi connectivity index (χ4n) is 3.77. The number of amides is 1. The van der Waals surface area contributed by atoms with E-state index in [0.717, 1.165) is 22.9 Å². The number of nitrogens with one attached hydrogen (secondary N) is 2. The van der Waals surface area contributed by atoms with Crippen molar-refractivity contribution in [1.29, 1.82) is 0 Å². The van der Waals surface area contributed by atoms with E-state index in [1.54, 1.807) is 0 Å². The second-order valence-electron chi connectivity index (χ2n) is 7.00. The number of fused-ring (bicyclic) bond motifs is 1. The van der Waals surface area contributed by atoms with Crippen molar-refractivity contribution in [1.82, 2.24) is 10.3 Å². The minimum absolute atomic E-state index is 0.0793. The highest BCUT2D eigenvalue weighted by Gasteiger charge is 2.46. The summed E-state index contributed by atoms with van der Waals surface area (Å²) >= 11 is 3.51. The molecule has 1 amide bonds. The topological polar surface area (TPSA) is 44.9 Å². The van der Waals surface area contributed by atoms with Crippen molar-refractivity contribution in [3.63, 3.8) is 0 Å². The van der Waals surface area contributed by atoms with Gasteiger partial charge in [0.2, 0.25) is 5.91 Å². The lowest BCUT2D eigenvalue weighted by atomic mass is 9.93. The molecule has 0 aliphatic heterocycles. The number of halogens is 1. The van der Waals surface area contributed by atoms with Crippen LogP contribution in [0.15, 0.2) is 53.0 Å². The van der Waals surface area contributed by atoms with Crippen molar-refractivity contribution >= 4 is 32.7 Å². The highest BCUT2D eigenvalue weighted by molar-refractivity contribution is 9.10. The van der Waals surface area contributed by atoms with E-state index in [9.17, 15) is 4.79 Å². The van der Waals surface area contributed by atoms with Gasteiger partial charge in [-0.1, -0.05) is 52.3 Å². The van der Waals surface area contributed by atoms with Crippen LogP contribution in [0.25, 0.3) is 10.9 Å². The first kappa shape index (κ1) is 16.4. The molecule has 128 valence electrons. The van der Waals surface area contributed by atoms with Crippen LogP contribution in [-0.4, -0.2) is 17.4 Å². The fraction of sp³-hybridized carbons (Fsp3) is 0.286. The summed E-state index contributed by atoms with van der Waals surface area (Å²) in [6, 6.07) is 16.3. The summed E-state index contributed by atoms with van der Waals surface area (Å²) in [4.78, 5) is 15.9. The van der Waals surface area contributed by atoms with Crippen LogP contribution in [0, 0.1) is 6.92 Å². The SMILES string of the molecule is Cc1[nH]c2ccccc2c1C1(CNC(=O)Cc2ccccc2Br)CC1. The lowest BCUT2D eigenvalue weighted by Crippen LogP contribution is -2.33. The number of aryl methyl sites for hydroxylation is 1. The van der Waals surface area contributed by atoms with Gasteiger partial charge in [0.15, 0.2) is 0 Å². The molecule has 0 spiro atoms. The largest absolute Gasteiger partial charge is 0.358 e. The molecule has 0 atom stereocenters. The molecule has 0 saturated heterocycles. The van der Waals surface area contributed by atoms with Gasteiger partial charge in [-0.15, -0.1) is 0 Å². The molecular formula is C21H21BrN2O. The zero-order chi connectivity index (χ0) is 17.4. The van der Waals surface area contributed by atoms with Crippen molar-refractivity contribution in [2.24, 2.45) is 0 Å². The second-order valence-corrected chi connectivity index (χ2v) is 7.85. The molecule has 0 bridgehead atoms. The predicted molar refractivity (Wildman–Crippen MR) is 105 cm³/mol. The van der Waals surface area contributed by atoms with Gasteiger partial charge in [0.25, 0.3) is 0 Å². The molecule has 3 nitrogen and oxygen atoms in total. The molecule has 4 rings (SSSR count). The molecule has 2 aromatic carbocycles. The number of para-hydroxylation sites is 1. The van der Waals surface area contributed by atoms with Crippen molar-refractivity contribution in [2.75, 3.05) is 6.54 Å². The van der Waals surface area contributed by atoms with E-state index >= 15 is 0 Å². The molecule has 1 fully saturated rings. The molecule has 1 heterocycles. The first-order valence-electron chi connectivity index (χ1n) is 8.67. The van der Waals surface area contributed by atoms with Gasteiger partial charge in [-0.2, -0.15) is 0 Å². The van der Waals surface area contributed by atoms with Crippen LogP contribution in [0.1, 0.15) is 29.7 Å². The number of benzene rings is 2. The first-order chi connectivity index (χ1) is 12.1. The van der Waals surface area contributed by atoms with Crippen LogP contribution in [0.2, 0.25) is 0 Å². The monoisotopic (exact) mass is 396 g/mol. The molecule has 25 heavy (non-hydrogen) atoms. The van der Waals surface area contributed by atoms with Crippen LogP contribution in [0.5, 0.6) is 0 Å². The highest BCUT2D eigenvalue weighted by Crippen LogP contribution is 2.51. The van der Waals surface area contributed by atoms with Crippen LogP contribution in [0.3, 0.4) is 0 Å². The van der Waals surface area contributed by atoms with Crippen molar-refractivity contribution < 1.29 is 4.79 Å². The van der Waals surface area contributed by atoms with E-state index in [0.29, 0.717) is 13.0 Å². The number of carbonyl (C=O) groups is 1. The van der Waals surface area contributed by atoms with Gasteiger partial charge in [0, 0.05) is 33.0 Å². The van der Waals surface area contributed by atoms with Gasteiger partial charge in [0.1, 0.15) is 0 Å². The van der Waals surface area contributed by atoms with E-state index in [2.05, 4.69) is 57.4 Å². The number of aromatic nitrogens is 1. The lowest BCUT2D eigenvalue weighted by molar-refractivity contribution is -0.120. The van der Waals surface area contributed by atoms with Gasteiger partial charge < -0.3 is 10.3 Å². The second kappa shape index (κ2) is 6.34. The summed E-state index contributed by atoms with van der Waals surface area (Å²) in [5, 5.41) is 4.46. The Morgan fingerprint density at radius 3 is 2.64 bits per heavy atom. The lowest BCUT2D eigenvalue weighted by Gasteiger charge is -2.17. The average Bonchev–Trinajstić information content (AvgIpc) is 3.30. The molecule has 2 N–H and O–H groups in total. The van der Waals surface area contributed by atoms with Gasteiger partial charge in [-0.25, -0.2) is 0 Å². The van der Waals surface area contributed by atoms with Crippen LogP contribution in [0.4, 0.5) is 0 Å². The van der Waals surface area contributed by atoms with Crippen molar-refractivity contribution in [3.8, 4) is 0 Å². The zero-order valence-corrected chi connectivity index (χ0v) is 15.8. The number of rotatable bonds is 5. The summed E-state index contributed by atoms with van der Waals surface area (Å²) in [5.74, 6) is 0.0793. The highest BCUT2D eigenvalue weighted by atomic mass is 79.9. The zero-order valence-electron chi connectivity index (χ0n) is 14.2. The standard InChI is InChI=1S/C21H21BrN2O/c1-14-20(16-7-3-5-9-18(16)24-14)21(10-11-21)13-23-19(25)12-15-6-2-4-8-17(15)22/h2-9,24H,10-13H2,1H3,(H,23,25). The predicted octanol–water partition coefficient (Wildman–Crippen LogP) is 4.63. The number of H-pyrrole nitrogens is 1. The van der Waals surface area contributed by atoms with Gasteiger partial charge in [-0.05, 0) is 43.0 Å². The van der Waals surface area contributed by atoms with E-state index in [1.165, 1.54) is 22.2 Å². The maximum absolute atomic E-state index is 12.4. The van der Waals surface area contributed by atoms with E-state index in [-0.39, 0.29) is 11.3 Å². The van der Waals surface area contributed by atoms with Crippen LogP contribution in [-0.2, 0) is 16.6 Å². The molecule has 1 aliphatic carbocycles. The quantitative estimate of drug-likeness (QED) is 0.648. The molecular weight excluding hydrogens is 376 g/mol. The number of aromatic amines is 1. The molecule has 1 saturated carbocycles. The minimum atomic E-state index is 0.0793. The third kappa shape index (κ3) is 3.11. The van der Waals surface area contributed by atoms with Crippen molar-refractivity contribution in [2.45, 2.75) is 31.6 Å². The smallest absolute Gasteiger partial charge is 0.224 e. The van der Waals surface area contributed by atoms with Gasteiger partial charge in [0.05, 0.1) is 6.42 Å². The summed E-state index contributed by atoms with van der Waals surface area (Å²) in [7, 11) is 0. The first-order valence-corrected chi connectivity index (χ1v) is 9.46. The molecule has 0 unspecified atom stereocenters. The average molecular weight is 397 g/mol. The summed E-state index contributed by atoms with van der Waals surface area (Å²) in [5.41, 5.74) is 4.89. The summed E-state index contributed by atoms with van der Waals surface area (Å²) in [6.45, 7) is 2.84. The number of hydrogen-bond acceptors (Lipinski definition) is 1. The molecule has 3 aromatic rings. The van der Waals surface area contributed by atoms with Crippen molar-refractivity contribution in [3.05, 3.63) is 69.8 Å². The molecule has 0 radical (unpaired) electrons. The number of carbonyl (C=O) groups excluding carboxylic acids is 1. The third-order valence-corrected chi connectivity index (χ3v) is 5.98. The molecule has 4 heteroatoms. The molecule has 1 aliphatic rings. The Labute approximate surface area is 156 Å². The Bertz CT molecular complexity index is 940. The minimum Gasteiger partial charge on any atom is -0.358 e. The van der Waals surface area contributed by atoms with Gasteiger partial charge in [-0.3, -0.25) is 4.79 Å². The van der Waals surface area contributed by atoms with Gasteiger partial charge >= 0.3 is 0 Å². The maximum Gasteiger partial charge on any atom is 0.224 e. The van der Waals surface area contributed by atoms with Crippen LogP contribution < -0.4 is 5.32 Å². The maximum atomic E-state index is 12.4. The van der Waals surface area contributed by atoms with Crippen LogP contribution >= 0.6 is 15.9 Å². The molecule has 1 aromatic heterocycles. The Morgan fingerprint density at radius 1 is 1.16 bits per heavy atom. The Morgan fingerprint density at radius 2 is 1.88 bits per heavy atom. The van der Waals surface area contributed by atoms with E-state index in [4.69, 9.17) is 0 Å². The Balaban J connectivity index is 1.50. The summed E-state index contributed by atoms with van der Waals surface area (Å²) in [6.07, 6.45) is 2.67. The van der Waals surface area contributed by atoms with E-state index < -0.39 is 0 Å².